The van der Waals surface area contributed by atoms with Gasteiger partial charge in [0.2, 0.25) is 0 Å². The van der Waals surface area contributed by atoms with Crippen molar-refractivity contribution in [3.8, 4) is 0 Å². The van der Waals surface area contributed by atoms with Crippen LogP contribution in [0.4, 0.5) is 16.2 Å². The summed E-state index contributed by atoms with van der Waals surface area (Å²) in [6.07, 6.45) is 3.07. The van der Waals surface area contributed by atoms with E-state index in [4.69, 9.17) is 16.2 Å². The molecule has 0 spiro atoms. The van der Waals surface area contributed by atoms with Crippen LogP contribution >= 0.6 is 0 Å². The number of rotatable bonds is 3. The van der Waals surface area contributed by atoms with Crippen molar-refractivity contribution in [2.24, 2.45) is 0 Å². The first-order valence-electron chi connectivity index (χ1n) is 9.05. The molecule has 1 amide bonds. The van der Waals surface area contributed by atoms with E-state index in [9.17, 15) is 9.59 Å². The zero-order chi connectivity index (χ0) is 20.1. The van der Waals surface area contributed by atoms with Gasteiger partial charge in [0, 0.05) is 22.5 Å². The molecule has 1 aliphatic heterocycles. The Morgan fingerprint density at radius 3 is 1.93 bits per heavy atom. The Kier molecular flexibility index (Phi) is 5.79. The Bertz CT molecular complexity index is 896. The summed E-state index contributed by atoms with van der Waals surface area (Å²) in [5, 5.41) is 0. The Morgan fingerprint density at radius 2 is 1.50 bits per heavy atom. The number of benzene rings is 2. The van der Waals surface area contributed by atoms with Crippen LogP contribution in [0.25, 0.3) is 12.2 Å². The van der Waals surface area contributed by atoms with E-state index in [0.29, 0.717) is 22.5 Å². The summed E-state index contributed by atoms with van der Waals surface area (Å²) in [7, 11) is 0. The number of Topliss-reactive ketones (excluding diaryl/α,β-unsaturated/α-hetero) is 1. The van der Waals surface area contributed by atoms with Crippen molar-refractivity contribution in [1.82, 2.24) is 4.90 Å². The van der Waals surface area contributed by atoms with E-state index in [-0.39, 0.29) is 25.5 Å². The average Bonchev–Trinajstić information content (AvgIpc) is 2.65. The third-order valence-electron chi connectivity index (χ3n) is 4.33. The lowest BCUT2D eigenvalue weighted by Gasteiger charge is -2.29. The average molecular weight is 377 g/mol. The van der Waals surface area contributed by atoms with Gasteiger partial charge in [0.15, 0.2) is 5.78 Å². The van der Waals surface area contributed by atoms with Gasteiger partial charge < -0.3 is 16.2 Å². The number of hydrogen-bond donors (Lipinski definition) is 2. The molecule has 1 aliphatic rings. The third-order valence-corrected chi connectivity index (χ3v) is 4.33. The number of likely N-dealkylation sites (tertiary alicyclic amines) is 1. The van der Waals surface area contributed by atoms with Gasteiger partial charge in [-0.15, -0.1) is 0 Å². The van der Waals surface area contributed by atoms with Crippen LogP contribution in [0.15, 0.2) is 59.7 Å². The number of ether oxygens (including phenoxy) is 1. The van der Waals surface area contributed by atoms with Crippen molar-refractivity contribution < 1.29 is 14.3 Å². The summed E-state index contributed by atoms with van der Waals surface area (Å²) in [5.74, 6) is -0.106. The maximum absolute atomic E-state index is 13.1. The lowest BCUT2D eigenvalue weighted by atomic mass is 9.94. The number of anilines is 2. The van der Waals surface area contributed by atoms with E-state index in [0.717, 1.165) is 11.1 Å². The normalized spacial score (nSPS) is 17.2. The van der Waals surface area contributed by atoms with Gasteiger partial charge in [-0.05, 0) is 54.5 Å². The van der Waals surface area contributed by atoms with Gasteiger partial charge in [-0.25, -0.2) is 4.79 Å². The van der Waals surface area contributed by atoms with Gasteiger partial charge in [-0.1, -0.05) is 24.3 Å². The van der Waals surface area contributed by atoms with Gasteiger partial charge in [0.25, 0.3) is 0 Å². The molecule has 1 heterocycles. The van der Waals surface area contributed by atoms with E-state index in [1.807, 2.05) is 24.3 Å². The molecule has 6 heteroatoms. The summed E-state index contributed by atoms with van der Waals surface area (Å²) in [4.78, 5) is 26.9. The zero-order valence-electron chi connectivity index (χ0n) is 15.7. The summed E-state index contributed by atoms with van der Waals surface area (Å²) in [6, 6.07) is 14.5. The minimum Gasteiger partial charge on any atom is -0.450 e. The zero-order valence-corrected chi connectivity index (χ0v) is 15.7. The number of piperidine rings is 1. The number of hydrogen-bond acceptors (Lipinski definition) is 5. The third kappa shape index (κ3) is 4.59. The number of carbonyl (C=O) groups is 2. The molecule has 6 nitrogen and oxygen atoms in total. The monoisotopic (exact) mass is 377 g/mol. The maximum atomic E-state index is 13.1. The van der Waals surface area contributed by atoms with Gasteiger partial charge in [0.1, 0.15) is 0 Å². The van der Waals surface area contributed by atoms with Crippen molar-refractivity contribution in [2.45, 2.75) is 6.92 Å². The van der Waals surface area contributed by atoms with Crippen LogP contribution in [0.1, 0.15) is 18.1 Å². The van der Waals surface area contributed by atoms with Crippen LogP contribution in [0.3, 0.4) is 0 Å². The fourth-order valence-corrected chi connectivity index (χ4v) is 3.08. The Hall–Kier alpha value is -3.54. The molecule has 0 aromatic heterocycles. The predicted octanol–water partition coefficient (Wildman–Crippen LogP) is 3.36. The second-order valence-electron chi connectivity index (χ2n) is 6.56. The lowest BCUT2D eigenvalue weighted by Crippen LogP contribution is -2.41. The van der Waals surface area contributed by atoms with Gasteiger partial charge in [-0.3, -0.25) is 9.69 Å². The van der Waals surface area contributed by atoms with Crippen molar-refractivity contribution >= 4 is 35.4 Å². The second-order valence-corrected chi connectivity index (χ2v) is 6.56. The highest BCUT2D eigenvalue weighted by Gasteiger charge is 2.29. The van der Waals surface area contributed by atoms with Crippen molar-refractivity contribution in [3.63, 3.8) is 0 Å². The first-order valence-corrected chi connectivity index (χ1v) is 9.05. The summed E-state index contributed by atoms with van der Waals surface area (Å²) in [5.41, 5.74) is 15.5. The van der Waals surface area contributed by atoms with Crippen LogP contribution in [0.2, 0.25) is 0 Å². The number of carbonyl (C=O) groups excluding carboxylic acids is 2. The van der Waals surface area contributed by atoms with E-state index < -0.39 is 6.09 Å². The van der Waals surface area contributed by atoms with Crippen LogP contribution in [-0.2, 0) is 9.53 Å². The standard InChI is InChI=1S/C22H23N3O3/c1-2-28-22(27)25-13-17(9-15-5-3-7-19(23)11-15)21(26)18(14-25)10-16-6-4-8-20(24)12-16/h3-12H,2,13-14,23-24H2,1H3/b17-9+,18-10+. The minimum atomic E-state index is -0.452. The molecule has 0 atom stereocenters. The minimum absolute atomic E-state index is 0.106. The molecule has 2 aromatic carbocycles. The highest BCUT2D eigenvalue weighted by Crippen LogP contribution is 2.23. The molecular formula is C22H23N3O3. The summed E-state index contributed by atoms with van der Waals surface area (Å²) >= 11 is 0. The molecule has 3 rings (SSSR count). The SMILES string of the molecule is CCOC(=O)N1C/C(=C\c2cccc(N)c2)C(=O)/C(=C/c2cccc(N)c2)C1. The Labute approximate surface area is 164 Å². The highest BCUT2D eigenvalue weighted by atomic mass is 16.6. The predicted molar refractivity (Wildman–Crippen MR) is 111 cm³/mol. The summed E-state index contributed by atoms with van der Waals surface area (Å²) in [6.45, 7) is 2.38. The number of nitrogen functional groups attached to an aromatic ring is 2. The molecule has 0 radical (unpaired) electrons. The fraction of sp³-hybridized carbons (Fsp3) is 0.182. The number of nitrogens with two attached hydrogens (primary N) is 2. The molecular weight excluding hydrogens is 354 g/mol. The molecule has 4 N–H and O–H groups in total. The maximum Gasteiger partial charge on any atom is 0.410 e. The highest BCUT2D eigenvalue weighted by molar-refractivity contribution is 6.15. The number of ketones is 1. The van der Waals surface area contributed by atoms with E-state index in [1.165, 1.54) is 4.90 Å². The topological polar surface area (TPSA) is 98.6 Å². The van der Waals surface area contributed by atoms with E-state index in [2.05, 4.69) is 0 Å². The molecule has 1 fully saturated rings. The van der Waals surface area contributed by atoms with E-state index in [1.54, 1.807) is 43.3 Å². The molecule has 0 unspecified atom stereocenters. The second kappa shape index (κ2) is 8.43. The molecule has 0 saturated carbocycles. The van der Waals surface area contributed by atoms with Gasteiger partial charge >= 0.3 is 6.09 Å². The lowest BCUT2D eigenvalue weighted by molar-refractivity contribution is -0.113. The van der Waals surface area contributed by atoms with Crippen molar-refractivity contribution in [2.75, 3.05) is 31.2 Å². The molecule has 144 valence electrons. The Morgan fingerprint density at radius 1 is 1.00 bits per heavy atom. The molecule has 0 aliphatic carbocycles. The van der Waals surface area contributed by atoms with Crippen molar-refractivity contribution in [1.29, 1.82) is 0 Å². The fourth-order valence-electron chi connectivity index (χ4n) is 3.08. The number of nitrogens with zero attached hydrogens (tertiary/aromatic N) is 1. The largest absolute Gasteiger partial charge is 0.450 e. The molecule has 0 bridgehead atoms. The van der Waals surface area contributed by atoms with Crippen LogP contribution < -0.4 is 11.5 Å². The van der Waals surface area contributed by atoms with Crippen molar-refractivity contribution in [3.05, 3.63) is 70.8 Å². The molecule has 28 heavy (non-hydrogen) atoms. The molecule has 1 saturated heterocycles. The smallest absolute Gasteiger partial charge is 0.410 e. The summed E-state index contributed by atoms with van der Waals surface area (Å²) < 4.78 is 5.13. The van der Waals surface area contributed by atoms with Crippen LogP contribution in [0, 0.1) is 0 Å². The first-order chi connectivity index (χ1) is 13.5. The van der Waals surface area contributed by atoms with Gasteiger partial charge in [0.05, 0.1) is 19.7 Å². The van der Waals surface area contributed by atoms with Crippen LogP contribution in [0.5, 0.6) is 0 Å². The molecule has 2 aromatic rings. The Balaban J connectivity index is 1.99. The van der Waals surface area contributed by atoms with Crippen LogP contribution in [-0.4, -0.2) is 36.5 Å². The quantitative estimate of drug-likeness (QED) is 0.631. The number of amides is 1. The first kappa shape index (κ1) is 19.2. The van der Waals surface area contributed by atoms with Gasteiger partial charge in [-0.2, -0.15) is 0 Å². The van der Waals surface area contributed by atoms with E-state index >= 15 is 0 Å².